The highest BCUT2D eigenvalue weighted by atomic mass is 16.6. The van der Waals surface area contributed by atoms with Crippen molar-refractivity contribution >= 4 is 29.6 Å². The second kappa shape index (κ2) is 18.1. The molecule has 0 spiro atoms. The zero-order valence-corrected chi connectivity index (χ0v) is 33.9. The summed E-state index contributed by atoms with van der Waals surface area (Å²) in [7, 11) is 1.26. The molecule has 2 N–H and O–H groups in total. The minimum absolute atomic E-state index is 0.000240. The van der Waals surface area contributed by atoms with Gasteiger partial charge in [-0.15, -0.1) is 0 Å². The lowest BCUT2D eigenvalue weighted by atomic mass is 9.77. The van der Waals surface area contributed by atoms with Gasteiger partial charge < -0.3 is 24.7 Å². The number of aromatic nitrogens is 2. The molecule has 3 amide bonds. The quantitative estimate of drug-likeness (QED) is 0.0902. The molecule has 3 atom stereocenters. The fourth-order valence-corrected chi connectivity index (χ4v) is 7.04. The van der Waals surface area contributed by atoms with Gasteiger partial charge in [-0.1, -0.05) is 123 Å². The average Bonchev–Trinajstić information content (AvgIpc) is 3.65. The number of aryl methyl sites for hydroxylation is 1. The van der Waals surface area contributed by atoms with Crippen LogP contribution in [0.4, 0.5) is 10.5 Å². The smallest absolute Gasteiger partial charge is 0.408 e. The summed E-state index contributed by atoms with van der Waals surface area (Å²) >= 11 is 0. The van der Waals surface area contributed by atoms with E-state index in [1.54, 1.807) is 39.2 Å². The van der Waals surface area contributed by atoms with Gasteiger partial charge in [0.05, 0.1) is 19.1 Å². The minimum atomic E-state index is -1.15. The maximum Gasteiger partial charge on any atom is 0.408 e. The van der Waals surface area contributed by atoms with Crippen molar-refractivity contribution in [1.82, 2.24) is 20.2 Å². The first-order valence-electron chi connectivity index (χ1n) is 19.1. The number of nitrogens with zero attached hydrogens (tertiary/aromatic N) is 3. The third-order valence-electron chi connectivity index (χ3n) is 9.65. The first kappa shape index (κ1) is 41.9. The molecule has 4 aromatic carbocycles. The summed E-state index contributed by atoms with van der Waals surface area (Å²) in [4.78, 5) is 61.1. The second-order valence-electron chi connectivity index (χ2n) is 15.5. The number of hydrogen-bond donors (Lipinski definition) is 2. The number of imidazole rings is 1. The Bertz CT molecular complexity index is 2010. The molecule has 0 saturated heterocycles. The van der Waals surface area contributed by atoms with Crippen LogP contribution in [0, 0.1) is 12.8 Å². The summed E-state index contributed by atoms with van der Waals surface area (Å²) in [6, 6.07) is 34.3. The highest BCUT2D eigenvalue weighted by Crippen LogP contribution is 2.41. The summed E-state index contributed by atoms with van der Waals surface area (Å²) in [5.41, 5.74) is 3.32. The molecule has 0 fully saturated rings. The molecule has 0 saturated carbocycles. The molecule has 0 aliphatic heterocycles. The van der Waals surface area contributed by atoms with Crippen LogP contribution in [-0.4, -0.2) is 64.3 Å². The third-order valence-corrected chi connectivity index (χ3v) is 9.65. The van der Waals surface area contributed by atoms with Gasteiger partial charge in [0, 0.05) is 18.3 Å². The highest BCUT2D eigenvalue weighted by molar-refractivity contribution is 6.04. The Morgan fingerprint density at radius 2 is 1.26 bits per heavy atom. The van der Waals surface area contributed by atoms with Gasteiger partial charge in [-0.3, -0.25) is 14.5 Å². The molecule has 298 valence electrons. The molecule has 57 heavy (non-hydrogen) atoms. The summed E-state index contributed by atoms with van der Waals surface area (Å²) in [5, 5.41) is 5.51. The second-order valence-corrected chi connectivity index (χ2v) is 15.5. The third kappa shape index (κ3) is 9.78. The molecule has 5 aromatic rings. The predicted molar refractivity (Wildman–Crippen MR) is 221 cm³/mol. The van der Waals surface area contributed by atoms with Crippen molar-refractivity contribution < 1.29 is 28.7 Å². The summed E-state index contributed by atoms with van der Waals surface area (Å²) in [6.45, 7) is 12.3. The molecule has 0 unspecified atom stereocenters. The van der Waals surface area contributed by atoms with Crippen molar-refractivity contribution in [2.24, 2.45) is 5.92 Å². The lowest BCUT2D eigenvalue weighted by Gasteiger charge is -2.37. The molecule has 11 nitrogen and oxygen atoms in total. The summed E-state index contributed by atoms with van der Waals surface area (Å²) in [6.07, 6.45) is 2.87. The monoisotopic (exact) mass is 771 g/mol. The number of methoxy groups -OCH3 is 1. The summed E-state index contributed by atoms with van der Waals surface area (Å²) in [5.74, 6) is -2.21. The lowest BCUT2D eigenvalue weighted by Crippen LogP contribution is -2.59. The number of amides is 3. The lowest BCUT2D eigenvalue weighted by molar-refractivity contribution is -0.145. The Morgan fingerprint density at radius 3 is 1.72 bits per heavy atom. The predicted octanol–water partition coefficient (Wildman–Crippen LogP) is 7.20. The number of ether oxygens (including phenoxy) is 2. The Balaban J connectivity index is 1.51. The maximum absolute atomic E-state index is 14.5. The first-order valence-corrected chi connectivity index (χ1v) is 19.1. The zero-order chi connectivity index (χ0) is 41.3. The van der Waals surface area contributed by atoms with Crippen molar-refractivity contribution in [2.75, 3.05) is 12.0 Å². The molecule has 5 rings (SSSR count). The van der Waals surface area contributed by atoms with E-state index in [4.69, 9.17) is 14.5 Å². The van der Waals surface area contributed by atoms with Gasteiger partial charge in [0.2, 0.25) is 11.8 Å². The fourth-order valence-electron chi connectivity index (χ4n) is 7.04. The number of nitrogens with one attached hydrogen (secondary N) is 2. The number of rotatable bonds is 14. The zero-order valence-electron chi connectivity index (χ0n) is 33.9. The number of carbonyl (C=O) groups excluding carboxylic acids is 4. The van der Waals surface area contributed by atoms with Crippen LogP contribution in [0.5, 0.6) is 0 Å². The average molecular weight is 772 g/mol. The minimum Gasteiger partial charge on any atom is -0.467 e. The van der Waals surface area contributed by atoms with Crippen LogP contribution in [0.2, 0.25) is 0 Å². The number of alkyl carbamates (subject to hydrolysis) is 1. The number of benzene rings is 4. The van der Waals surface area contributed by atoms with E-state index in [1.807, 2.05) is 98.3 Å². The number of esters is 1. The standard InChI is InChI=1S/C46H53N5O6/c1-31(2)40(51(38-26-24-32(3)25-27-38)42(53)33(4)48-44(55)57-45(5,6)7)41(52)49-39(43(54)56-8)28-37-29-50(30-47-37)46(34-18-12-9-13-19-34,35-20-14-10-15-21-35)36-22-16-11-17-23-36/h9-27,29-31,33,39-40H,28H2,1-8H3,(H,48,55)(H,49,52)/t33-,39-,40-/m0/s1. The van der Waals surface area contributed by atoms with Gasteiger partial charge in [0.25, 0.3) is 0 Å². The molecule has 11 heteroatoms. The van der Waals surface area contributed by atoms with E-state index in [-0.39, 0.29) is 6.42 Å². The first-order chi connectivity index (χ1) is 27.1. The normalized spacial score (nSPS) is 13.2. The number of anilines is 1. The van der Waals surface area contributed by atoms with Crippen LogP contribution in [0.15, 0.2) is 128 Å². The Hall–Kier alpha value is -6.23. The molecular weight excluding hydrogens is 719 g/mol. The molecule has 0 radical (unpaired) electrons. The molecular formula is C46H53N5O6. The van der Waals surface area contributed by atoms with Crippen molar-refractivity contribution in [1.29, 1.82) is 0 Å². The van der Waals surface area contributed by atoms with Gasteiger partial charge in [0.15, 0.2) is 0 Å². The van der Waals surface area contributed by atoms with E-state index in [1.165, 1.54) is 18.9 Å². The molecule has 1 heterocycles. The Kier molecular flexibility index (Phi) is 13.3. The van der Waals surface area contributed by atoms with Crippen molar-refractivity contribution in [3.05, 3.63) is 156 Å². The highest BCUT2D eigenvalue weighted by Gasteiger charge is 2.40. The van der Waals surface area contributed by atoms with Crippen LogP contribution in [0.3, 0.4) is 0 Å². The van der Waals surface area contributed by atoms with Crippen LogP contribution in [-0.2, 0) is 35.8 Å². The fraction of sp³-hybridized carbons (Fsp3) is 0.326. The van der Waals surface area contributed by atoms with Crippen LogP contribution >= 0.6 is 0 Å². The summed E-state index contributed by atoms with van der Waals surface area (Å²) < 4.78 is 12.6. The molecule has 0 aliphatic carbocycles. The number of carbonyl (C=O) groups is 4. The van der Waals surface area contributed by atoms with E-state index < -0.39 is 59.1 Å². The molecule has 1 aromatic heterocycles. The molecule has 0 aliphatic rings. The van der Waals surface area contributed by atoms with Gasteiger partial charge >= 0.3 is 12.1 Å². The van der Waals surface area contributed by atoms with Crippen LogP contribution in [0.25, 0.3) is 0 Å². The molecule has 0 bridgehead atoms. The van der Waals surface area contributed by atoms with Crippen molar-refractivity contribution in [3.63, 3.8) is 0 Å². The van der Waals surface area contributed by atoms with Crippen molar-refractivity contribution in [3.8, 4) is 0 Å². The van der Waals surface area contributed by atoms with Crippen molar-refractivity contribution in [2.45, 2.75) is 84.2 Å². The van der Waals surface area contributed by atoms with E-state index >= 15 is 0 Å². The van der Waals surface area contributed by atoms with Crippen LogP contribution in [0.1, 0.15) is 69.5 Å². The van der Waals surface area contributed by atoms with E-state index in [9.17, 15) is 19.2 Å². The SMILES string of the molecule is COC(=O)[C@H](Cc1cn(C(c2ccccc2)(c2ccccc2)c2ccccc2)cn1)NC(=O)[C@H](C(C)C)N(C(=O)[C@H](C)NC(=O)OC(C)(C)C)c1ccc(C)cc1. The Morgan fingerprint density at radius 1 is 0.754 bits per heavy atom. The van der Waals surface area contributed by atoms with Gasteiger partial charge in [0.1, 0.15) is 29.3 Å². The van der Waals surface area contributed by atoms with E-state index in [2.05, 4.69) is 47.0 Å². The Labute approximate surface area is 335 Å². The van der Waals surface area contributed by atoms with Gasteiger partial charge in [-0.2, -0.15) is 0 Å². The van der Waals surface area contributed by atoms with E-state index in [0.717, 1.165) is 22.3 Å². The van der Waals surface area contributed by atoms with Gasteiger partial charge in [-0.25, -0.2) is 14.6 Å². The maximum atomic E-state index is 14.5. The van der Waals surface area contributed by atoms with Gasteiger partial charge in [-0.05, 0) is 69.4 Å². The topological polar surface area (TPSA) is 132 Å². The van der Waals surface area contributed by atoms with E-state index in [0.29, 0.717) is 11.4 Å². The largest absolute Gasteiger partial charge is 0.467 e. The van der Waals surface area contributed by atoms with Crippen LogP contribution < -0.4 is 15.5 Å². The number of hydrogen-bond acceptors (Lipinski definition) is 7.